The molecule has 1 aromatic rings. The monoisotopic (exact) mass is 273 g/mol. The van der Waals surface area contributed by atoms with Gasteiger partial charge in [-0.25, -0.2) is 0 Å². The highest BCUT2D eigenvalue weighted by atomic mass is 79.9. The van der Waals surface area contributed by atoms with Gasteiger partial charge in [0.1, 0.15) is 0 Å². The Morgan fingerprint density at radius 1 is 1.36 bits per heavy atom. The van der Waals surface area contributed by atoms with E-state index < -0.39 is 0 Å². The van der Waals surface area contributed by atoms with Crippen molar-refractivity contribution >= 4 is 27.5 Å². The first kappa shape index (κ1) is 10.5. The van der Waals surface area contributed by atoms with Crippen molar-refractivity contribution in [2.45, 2.75) is 25.3 Å². The van der Waals surface area contributed by atoms with Crippen LogP contribution in [0.1, 0.15) is 30.9 Å². The number of halogens is 2. The minimum atomic E-state index is 0.152. The van der Waals surface area contributed by atoms with Crippen molar-refractivity contribution in [3.8, 4) is 0 Å². The lowest BCUT2D eigenvalue weighted by atomic mass is 9.78. The lowest BCUT2D eigenvalue weighted by Crippen LogP contribution is -2.26. The van der Waals surface area contributed by atoms with Gasteiger partial charge in [0.2, 0.25) is 0 Å². The van der Waals surface area contributed by atoms with E-state index in [1.54, 1.807) is 0 Å². The van der Waals surface area contributed by atoms with E-state index in [1.165, 1.54) is 19.3 Å². The van der Waals surface area contributed by atoms with Gasteiger partial charge in [-0.2, -0.15) is 0 Å². The Labute approximate surface area is 97.8 Å². The van der Waals surface area contributed by atoms with E-state index >= 15 is 0 Å². The van der Waals surface area contributed by atoms with E-state index in [-0.39, 0.29) is 6.04 Å². The summed E-state index contributed by atoms with van der Waals surface area (Å²) >= 11 is 9.40. The van der Waals surface area contributed by atoms with Crippen LogP contribution in [0, 0.1) is 5.92 Å². The van der Waals surface area contributed by atoms with Crippen LogP contribution >= 0.6 is 27.5 Å². The molecule has 76 valence electrons. The summed E-state index contributed by atoms with van der Waals surface area (Å²) in [7, 11) is 0. The molecule has 2 rings (SSSR count). The molecule has 0 saturated heterocycles. The Kier molecular flexibility index (Phi) is 3.15. The number of nitrogens with two attached hydrogens (primary N) is 1. The lowest BCUT2D eigenvalue weighted by molar-refractivity contribution is 0.264. The van der Waals surface area contributed by atoms with Gasteiger partial charge in [-0.1, -0.05) is 34.0 Å². The Balaban J connectivity index is 2.21. The van der Waals surface area contributed by atoms with Gasteiger partial charge in [0.15, 0.2) is 0 Å². The van der Waals surface area contributed by atoms with Gasteiger partial charge in [-0.3, -0.25) is 0 Å². The summed E-state index contributed by atoms with van der Waals surface area (Å²) in [6, 6.07) is 6.07. The standard InChI is InChI=1S/C11H13BrClN/c12-9-4-8(5-10(13)6-9)11(14)7-2-1-3-7/h4-7,11H,1-3,14H2. The molecule has 0 spiro atoms. The zero-order valence-electron chi connectivity index (χ0n) is 7.84. The molecule has 0 amide bonds. The first-order valence-corrected chi connectivity index (χ1v) is 6.05. The van der Waals surface area contributed by atoms with Gasteiger partial charge in [0, 0.05) is 15.5 Å². The van der Waals surface area contributed by atoms with E-state index in [1.807, 2.05) is 12.1 Å². The van der Waals surface area contributed by atoms with Crippen molar-refractivity contribution in [2.75, 3.05) is 0 Å². The molecule has 1 aromatic carbocycles. The zero-order valence-corrected chi connectivity index (χ0v) is 10.2. The van der Waals surface area contributed by atoms with Gasteiger partial charge >= 0.3 is 0 Å². The van der Waals surface area contributed by atoms with Gasteiger partial charge in [0.25, 0.3) is 0 Å². The number of benzene rings is 1. The largest absolute Gasteiger partial charge is 0.324 e. The lowest BCUT2D eigenvalue weighted by Gasteiger charge is -2.31. The second-order valence-corrected chi connectivity index (χ2v) is 5.27. The third-order valence-corrected chi connectivity index (χ3v) is 3.60. The SMILES string of the molecule is NC(c1cc(Cl)cc(Br)c1)C1CCC1. The summed E-state index contributed by atoms with van der Waals surface area (Å²) in [6.45, 7) is 0. The van der Waals surface area contributed by atoms with Crippen LogP contribution in [0.5, 0.6) is 0 Å². The molecule has 0 aliphatic heterocycles. The highest BCUT2D eigenvalue weighted by Gasteiger charge is 2.25. The van der Waals surface area contributed by atoms with Crippen LogP contribution in [0.4, 0.5) is 0 Å². The van der Waals surface area contributed by atoms with E-state index in [2.05, 4.69) is 22.0 Å². The fraction of sp³-hybridized carbons (Fsp3) is 0.455. The van der Waals surface area contributed by atoms with Gasteiger partial charge in [0.05, 0.1) is 0 Å². The minimum Gasteiger partial charge on any atom is -0.324 e. The highest BCUT2D eigenvalue weighted by Crippen LogP contribution is 2.37. The van der Waals surface area contributed by atoms with Crippen LogP contribution in [-0.2, 0) is 0 Å². The quantitative estimate of drug-likeness (QED) is 0.869. The molecule has 0 heterocycles. The third-order valence-electron chi connectivity index (χ3n) is 2.93. The van der Waals surface area contributed by atoms with Crippen LogP contribution in [-0.4, -0.2) is 0 Å². The minimum absolute atomic E-state index is 0.152. The van der Waals surface area contributed by atoms with Crippen molar-refractivity contribution in [1.29, 1.82) is 0 Å². The molecule has 1 saturated carbocycles. The van der Waals surface area contributed by atoms with Gasteiger partial charge in [-0.15, -0.1) is 0 Å². The predicted molar refractivity (Wildman–Crippen MR) is 63.4 cm³/mol. The molecular weight excluding hydrogens is 261 g/mol. The molecule has 14 heavy (non-hydrogen) atoms. The summed E-state index contributed by atoms with van der Waals surface area (Å²) in [6.07, 6.45) is 3.83. The smallest absolute Gasteiger partial charge is 0.0420 e. The summed E-state index contributed by atoms with van der Waals surface area (Å²) < 4.78 is 1.01. The second kappa shape index (κ2) is 4.21. The average molecular weight is 275 g/mol. The molecular formula is C11H13BrClN. The van der Waals surface area contributed by atoms with E-state index in [0.29, 0.717) is 5.92 Å². The maximum Gasteiger partial charge on any atom is 0.0420 e. The van der Waals surface area contributed by atoms with Crippen LogP contribution < -0.4 is 5.73 Å². The second-order valence-electron chi connectivity index (χ2n) is 3.92. The Morgan fingerprint density at radius 3 is 2.57 bits per heavy atom. The molecule has 0 bridgehead atoms. The van der Waals surface area contributed by atoms with E-state index in [9.17, 15) is 0 Å². The van der Waals surface area contributed by atoms with Crippen molar-refractivity contribution < 1.29 is 0 Å². The first-order chi connectivity index (χ1) is 6.66. The fourth-order valence-corrected chi connectivity index (χ4v) is 2.73. The van der Waals surface area contributed by atoms with Crippen LogP contribution in [0.2, 0.25) is 5.02 Å². The van der Waals surface area contributed by atoms with Crippen molar-refractivity contribution in [1.82, 2.24) is 0 Å². The van der Waals surface area contributed by atoms with E-state index in [0.717, 1.165) is 15.1 Å². The third kappa shape index (κ3) is 2.13. The first-order valence-electron chi connectivity index (χ1n) is 4.88. The molecule has 0 radical (unpaired) electrons. The summed E-state index contributed by atoms with van der Waals surface area (Å²) in [5, 5.41) is 0.754. The Morgan fingerprint density at radius 2 is 2.07 bits per heavy atom. The maximum atomic E-state index is 6.16. The van der Waals surface area contributed by atoms with Gasteiger partial charge in [-0.05, 0) is 42.5 Å². The van der Waals surface area contributed by atoms with E-state index in [4.69, 9.17) is 17.3 Å². The van der Waals surface area contributed by atoms with Crippen molar-refractivity contribution in [3.05, 3.63) is 33.3 Å². The molecule has 1 nitrogen and oxygen atoms in total. The highest BCUT2D eigenvalue weighted by molar-refractivity contribution is 9.10. The molecule has 1 atom stereocenters. The molecule has 3 heteroatoms. The van der Waals surface area contributed by atoms with Gasteiger partial charge < -0.3 is 5.73 Å². The molecule has 1 aliphatic carbocycles. The average Bonchev–Trinajstić information content (AvgIpc) is 1.98. The number of rotatable bonds is 2. The Hall–Kier alpha value is -0.0500. The predicted octanol–water partition coefficient (Wildman–Crippen LogP) is 3.90. The Bertz CT molecular complexity index is 316. The van der Waals surface area contributed by atoms with Crippen molar-refractivity contribution in [2.24, 2.45) is 11.7 Å². The normalized spacial score (nSPS) is 19.1. The zero-order chi connectivity index (χ0) is 10.1. The molecule has 1 fully saturated rings. The molecule has 1 aliphatic rings. The molecule has 2 N–H and O–H groups in total. The summed E-state index contributed by atoms with van der Waals surface area (Å²) in [4.78, 5) is 0. The van der Waals surface area contributed by atoms with Crippen LogP contribution in [0.15, 0.2) is 22.7 Å². The summed E-state index contributed by atoms with van der Waals surface area (Å²) in [5.74, 6) is 0.653. The molecule has 0 aromatic heterocycles. The molecule has 1 unspecified atom stereocenters. The fourth-order valence-electron chi connectivity index (χ4n) is 1.84. The van der Waals surface area contributed by atoms with Crippen LogP contribution in [0.25, 0.3) is 0 Å². The van der Waals surface area contributed by atoms with Crippen molar-refractivity contribution in [3.63, 3.8) is 0 Å². The maximum absolute atomic E-state index is 6.16. The van der Waals surface area contributed by atoms with Crippen LogP contribution in [0.3, 0.4) is 0 Å². The topological polar surface area (TPSA) is 26.0 Å². The number of hydrogen-bond acceptors (Lipinski definition) is 1. The number of hydrogen-bond donors (Lipinski definition) is 1. The summed E-state index contributed by atoms with van der Waals surface area (Å²) in [5.41, 5.74) is 7.31.